The fraction of sp³-hybridized carbons (Fsp3) is 0.250. The Morgan fingerprint density at radius 1 is 1.03 bits per heavy atom. The Balaban J connectivity index is 1.34. The lowest BCUT2D eigenvalue weighted by molar-refractivity contribution is -0.117. The zero-order valence-corrected chi connectivity index (χ0v) is 19.4. The number of carbonyl (C=O) groups excluding carboxylic acids is 1. The average Bonchev–Trinajstić information content (AvgIpc) is 3.18. The van der Waals surface area contributed by atoms with Gasteiger partial charge in [-0.1, -0.05) is 35.9 Å². The number of nitrogens with one attached hydrogen (secondary N) is 1. The minimum atomic E-state index is -0.389. The molecule has 34 heavy (non-hydrogen) atoms. The number of rotatable bonds is 5. The van der Waals surface area contributed by atoms with Gasteiger partial charge in [0, 0.05) is 55.0 Å². The predicted molar refractivity (Wildman–Crippen MR) is 133 cm³/mol. The highest BCUT2D eigenvalue weighted by molar-refractivity contribution is 6.31. The van der Waals surface area contributed by atoms with Crippen LogP contribution in [0.5, 0.6) is 0 Å². The quantitative estimate of drug-likeness (QED) is 0.475. The summed E-state index contributed by atoms with van der Waals surface area (Å²) in [5.41, 5.74) is 2.61. The molecule has 1 aliphatic rings. The second-order valence-corrected chi connectivity index (χ2v) is 8.56. The molecule has 0 radical (unpaired) electrons. The molecule has 0 atom stereocenters. The number of hydrogen-bond donors (Lipinski definition) is 1. The van der Waals surface area contributed by atoms with Gasteiger partial charge >= 0.3 is 5.69 Å². The minimum Gasteiger partial charge on any atom is -0.368 e. The highest BCUT2D eigenvalue weighted by atomic mass is 35.5. The lowest BCUT2D eigenvalue weighted by Crippen LogP contribution is -2.47. The molecule has 0 saturated carbocycles. The van der Waals surface area contributed by atoms with Crippen molar-refractivity contribution in [2.75, 3.05) is 41.3 Å². The van der Waals surface area contributed by atoms with Crippen molar-refractivity contribution < 1.29 is 4.79 Å². The minimum absolute atomic E-state index is 0.215. The molecule has 1 saturated heterocycles. The van der Waals surface area contributed by atoms with E-state index in [4.69, 9.17) is 11.6 Å². The maximum absolute atomic E-state index is 12.9. The van der Waals surface area contributed by atoms with Crippen molar-refractivity contribution in [1.29, 1.82) is 0 Å². The lowest BCUT2D eigenvalue weighted by atomic mass is 10.2. The molecule has 2 aromatic carbocycles. The summed E-state index contributed by atoms with van der Waals surface area (Å²) in [6.45, 7) is 4.77. The maximum atomic E-state index is 12.9. The molecule has 10 heteroatoms. The number of carbonyl (C=O) groups is 1. The standard InChI is InChI=1S/C24H24ClN7O2/c1-17-19(25)8-5-9-20(17)27-21(33)16-32-24(34)31-11-10-26-22(23(31)28-32)30-14-12-29(13-15-30)18-6-3-2-4-7-18/h2-11H,12-16H2,1H3,(H,27,33). The van der Waals surface area contributed by atoms with Gasteiger partial charge in [0.2, 0.25) is 11.6 Å². The molecule has 5 rings (SSSR count). The highest BCUT2D eigenvalue weighted by Gasteiger charge is 2.23. The van der Waals surface area contributed by atoms with Gasteiger partial charge in [0.05, 0.1) is 0 Å². The molecule has 0 unspecified atom stereocenters. The molecule has 4 aromatic rings. The van der Waals surface area contributed by atoms with Gasteiger partial charge in [-0.25, -0.2) is 18.9 Å². The molecule has 0 bridgehead atoms. The largest absolute Gasteiger partial charge is 0.368 e. The van der Waals surface area contributed by atoms with E-state index < -0.39 is 0 Å². The van der Waals surface area contributed by atoms with Crippen LogP contribution in [0.25, 0.3) is 5.65 Å². The summed E-state index contributed by atoms with van der Waals surface area (Å²) < 4.78 is 2.60. The summed E-state index contributed by atoms with van der Waals surface area (Å²) >= 11 is 6.13. The molecule has 0 aliphatic carbocycles. The number of aromatic nitrogens is 4. The van der Waals surface area contributed by atoms with Crippen molar-refractivity contribution >= 4 is 40.3 Å². The van der Waals surface area contributed by atoms with Gasteiger partial charge in [-0.2, -0.15) is 0 Å². The first-order valence-corrected chi connectivity index (χ1v) is 11.4. The van der Waals surface area contributed by atoms with Gasteiger partial charge in [-0.05, 0) is 36.8 Å². The van der Waals surface area contributed by atoms with Crippen LogP contribution in [-0.4, -0.2) is 51.3 Å². The Hall–Kier alpha value is -3.85. The first kappa shape index (κ1) is 22.0. The Labute approximate surface area is 201 Å². The van der Waals surface area contributed by atoms with Crippen LogP contribution in [0.1, 0.15) is 5.56 Å². The molecular weight excluding hydrogens is 454 g/mol. The molecule has 174 valence electrons. The summed E-state index contributed by atoms with van der Waals surface area (Å²) in [6.07, 6.45) is 3.17. The monoisotopic (exact) mass is 477 g/mol. The summed E-state index contributed by atoms with van der Waals surface area (Å²) in [5, 5.41) is 7.82. The van der Waals surface area contributed by atoms with E-state index in [1.807, 2.05) is 25.1 Å². The molecule has 3 heterocycles. The van der Waals surface area contributed by atoms with Crippen LogP contribution in [0, 0.1) is 6.92 Å². The van der Waals surface area contributed by atoms with E-state index in [1.165, 1.54) is 10.1 Å². The summed E-state index contributed by atoms with van der Waals surface area (Å²) in [5.74, 6) is 0.277. The second kappa shape index (κ2) is 9.18. The fourth-order valence-corrected chi connectivity index (χ4v) is 4.32. The molecular formula is C24H24ClN7O2. The number of para-hydroxylation sites is 1. The van der Waals surface area contributed by atoms with Crippen molar-refractivity contribution in [2.24, 2.45) is 0 Å². The first-order valence-electron chi connectivity index (χ1n) is 11.1. The average molecular weight is 478 g/mol. The molecule has 1 amide bonds. The van der Waals surface area contributed by atoms with Crippen LogP contribution in [0.15, 0.2) is 65.7 Å². The first-order chi connectivity index (χ1) is 16.5. The number of piperazine rings is 1. The van der Waals surface area contributed by atoms with Crippen molar-refractivity contribution in [1.82, 2.24) is 19.2 Å². The Bertz CT molecular complexity index is 1390. The summed E-state index contributed by atoms with van der Waals surface area (Å²) in [4.78, 5) is 34.5. The van der Waals surface area contributed by atoms with Crippen molar-refractivity contribution in [2.45, 2.75) is 13.5 Å². The third-order valence-corrected chi connectivity index (χ3v) is 6.43. The zero-order valence-electron chi connectivity index (χ0n) is 18.7. The normalized spacial score (nSPS) is 13.9. The van der Waals surface area contributed by atoms with E-state index in [1.54, 1.807) is 30.6 Å². The smallest absolute Gasteiger partial charge is 0.350 e. The van der Waals surface area contributed by atoms with E-state index in [-0.39, 0.29) is 18.1 Å². The lowest BCUT2D eigenvalue weighted by Gasteiger charge is -2.36. The number of amides is 1. The van der Waals surface area contributed by atoms with E-state index in [0.717, 1.165) is 36.4 Å². The Morgan fingerprint density at radius 3 is 2.53 bits per heavy atom. The molecule has 2 aromatic heterocycles. The van der Waals surface area contributed by atoms with Crippen molar-refractivity contribution in [3.05, 3.63) is 82.0 Å². The molecule has 1 aliphatic heterocycles. The van der Waals surface area contributed by atoms with Gasteiger partial charge in [-0.3, -0.25) is 4.79 Å². The van der Waals surface area contributed by atoms with Gasteiger partial charge in [0.25, 0.3) is 0 Å². The van der Waals surface area contributed by atoms with Crippen LogP contribution >= 0.6 is 11.6 Å². The molecule has 1 N–H and O–H groups in total. The fourth-order valence-electron chi connectivity index (χ4n) is 4.15. The third kappa shape index (κ3) is 4.22. The molecule has 9 nitrogen and oxygen atoms in total. The van der Waals surface area contributed by atoms with E-state index in [2.05, 4.69) is 37.3 Å². The van der Waals surface area contributed by atoms with Crippen LogP contribution in [0.2, 0.25) is 5.02 Å². The number of benzene rings is 2. The predicted octanol–water partition coefficient (Wildman–Crippen LogP) is 2.82. The third-order valence-electron chi connectivity index (χ3n) is 6.02. The van der Waals surface area contributed by atoms with Crippen LogP contribution in [0.4, 0.5) is 17.2 Å². The van der Waals surface area contributed by atoms with Crippen LogP contribution < -0.4 is 20.8 Å². The van der Waals surface area contributed by atoms with Crippen molar-refractivity contribution in [3.63, 3.8) is 0 Å². The number of hydrogen-bond acceptors (Lipinski definition) is 6. The summed E-state index contributed by atoms with van der Waals surface area (Å²) in [7, 11) is 0. The summed E-state index contributed by atoms with van der Waals surface area (Å²) in [6, 6.07) is 15.6. The maximum Gasteiger partial charge on any atom is 0.350 e. The number of anilines is 3. The Morgan fingerprint density at radius 2 is 1.76 bits per heavy atom. The SMILES string of the molecule is Cc1c(Cl)cccc1NC(=O)Cn1nc2c(N3CCN(c4ccccc4)CC3)nccn2c1=O. The van der Waals surface area contributed by atoms with Gasteiger partial charge in [0.15, 0.2) is 5.82 Å². The van der Waals surface area contributed by atoms with Crippen LogP contribution in [-0.2, 0) is 11.3 Å². The van der Waals surface area contributed by atoms with E-state index in [0.29, 0.717) is 22.2 Å². The number of nitrogens with zero attached hydrogens (tertiary/aromatic N) is 6. The molecule has 1 fully saturated rings. The van der Waals surface area contributed by atoms with Gasteiger partial charge in [0.1, 0.15) is 6.54 Å². The second-order valence-electron chi connectivity index (χ2n) is 8.15. The highest BCUT2D eigenvalue weighted by Crippen LogP contribution is 2.23. The Kier molecular flexibility index (Phi) is 5.93. The van der Waals surface area contributed by atoms with Gasteiger partial charge < -0.3 is 15.1 Å². The van der Waals surface area contributed by atoms with Gasteiger partial charge in [-0.15, -0.1) is 5.10 Å². The topological polar surface area (TPSA) is 87.8 Å². The van der Waals surface area contributed by atoms with E-state index >= 15 is 0 Å². The zero-order chi connectivity index (χ0) is 23.7. The molecule has 0 spiro atoms. The van der Waals surface area contributed by atoms with Crippen LogP contribution in [0.3, 0.4) is 0 Å². The number of halogens is 1. The van der Waals surface area contributed by atoms with E-state index in [9.17, 15) is 9.59 Å². The van der Waals surface area contributed by atoms with Crippen molar-refractivity contribution in [3.8, 4) is 0 Å². The number of fused-ring (bicyclic) bond motifs is 1.